The highest BCUT2D eigenvalue weighted by Crippen LogP contribution is 2.44. The Morgan fingerprint density at radius 1 is 1.21 bits per heavy atom. The van der Waals surface area contributed by atoms with Crippen LogP contribution in [-0.4, -0.2) is 43.6 Å². The second kappa shape index (κ2) is 7.14. The second-order valence-electron chi connectivity index (χ2n) is 8.04. The van der Waals surface area contributed by atoms with Crippen LogP contribution >= 0.6 is 0 Å². The molecular formula is C20H30N2O2. The molecular weight excluding hydrogens is 300 g/mol. The monoisotopic (exact) mass is 330 g/mol. The van der Waals surface area contributed by atoms with E-state index in [9.17, 15) is 4.79 Å². The third kappa shape index (κ3) is 4.29. The first-order valence-corrected chi connectivity index (χ1v) is 9.17. The van der Waals surface area contributed by atoms with Gasteiger partial charge in [0, 0.05) is 6.04 Å². The SMILES string of the molecule is CN1CCC(NC(=O)C(C)(C)COc2ccccc2C2CC2)CC1. The molecule has 1 aliphatic carbocycles. The standard InChI is InChI=1S/C20H30N2O2/c1-20(2,19(23)21-16-10-12-22(3)13-11-16)14-24-18-7-5-4-6-17(18)15-8-9-15/h4-7,15-16H,8-14H2,1-3H3,(H,21,23). The molecule has 1 heterocycles. The van der Waals surface area contributed by atoms with Gasteiger partial charge in [0.25, 0.3) is 0 Å². The summed E-state index contributed by atoms with van der Waals surface area (Å²) in [6, 6.07) is 8.55. The zero-order valence-corrected chi connectivity index (χ0v) is 15.2. The Morgan fingerprint density at radius 3 is 2.54 bits per heavy atom. The lowest BCUT2D eigenvalue weighted by molar-refractivity contribution is -0.131. The smallest absolute Gasteiger partial charge is 0.229 e. The van der Waals surface area contributed by atoms with Gasteiger partial charge in [-0.05, 0) is 77.2 Å². The van der Waals surface area contributed by atoms with Gasteiger partial charge < -0.3 is 15.0 Å². The van der Waals surface area contributed by atoms with E-state index in [-0.39, 0.29) is 5.91 Å². The second-order valence-corrected chi connectivity index (χ2v) is 8.04. The Labute approximate surface area is 145 Å². The van der Waals surface area contributed by atoms with Crippen molar-refractivity contribution in [3.05, 3.63) is 29.8 Å². The van der Waals surface area contributed by atoms with Gasteiger partial charge >= 0.3 is 0 Å². The van der Waals surface area contributed by atoms with E-state index in [0.29, 0.717) is 18.6 Å². The highest BCUT2D eigenvalue weighted by Gasteiger charge is 2.32. The Bertz CT molecular complexity index is 573. The van der Waals surface area contributed by atoms with E-state index in [1.807, 2.05) is 26.0 Å². The summed E-state index contributed by atoms with van der Waals surface area (Å²) in [5, 5.41) is 3.22. The van der Waals surface area contributed by atoms with Crippen LogP contribution in [0.2, 0.25) is 0 Å². The Kier molecular flexibility index (Phi) is 5.14. The minimum atomic E-state index is -0.528. The fourth-order valence-corrected chi connectivity index (χ4v) is 3.20. The third-order valence-electron chi connectivity index (χ3n) is 5.19. The number of nitrogens with one attached hydrogen (secondary N) is 1. The lowest BCUT2D eigenvalue weighted by Crippen LogP contribution is -2.49. The van der Waals surface area contributed by atoms with Gasteiger partial charge in [0.1, 0.15) is 12.4 Å². The number of hydrogen-bond donors (Lipinski definition) is 1. The maximum atomic E-state index is 12.7. The first kappa shape index (κ1) is 17.3. The first-order chi connectivity index (χ1) is 11.5. The normalized spacial score (nSPS) is 20.0. The van der Waals surface area contributed by atoms with Crippen LogP contribution in [0.3, 0.4) is 0 Å². The van der Waals surface area contributed by atoms with Gasteiger partial charge in [-0.3, -0.25) is 4.79 Å². The molecule has 0 atom stereocenters. The summed E-state index contributed by atoms with van der Waals surface area (Å²) in [5.41, 5.74) is 0.768. The van der Waals surface area contributed by atoms with Crippen LogP contribution in [-0.2, 0) is 4.79 Å². The Hall–Kier alpha value is -1.55. The summed E-state index contributed by atoms with van der Waals surface area (Å²) in [7, 11) is 2.13. The number of rotatable bonds is 6. The van der Waals surface area contributed by atoms with Crippen molar-refractivity contribution in [1.29, 1.82) is 0 Å². The lowest BCUT2D eigenvalue weighted by atomic mass is 9.92. The van der Waals surface area contributed by atoms with E-state index in [4.69, 9.17) is 4.74 Å². The quantitative estimate of drug-likeness (QED) is 0.871. The molecule has 2 fully saturated rings. The first-order valence-electron chi connectivity index (χ1n) is 9.17. The highest BCUT2D eigenvalue weighted by atomic mass is 16.5. The Morgan fingerprint density at radius 2 is 1.88 bits per heavy atom. The van der Waals surface area contributed by atoms with Gasteiger partial charge in [0.05, 0.1) is 5.41 Å². The van der Waals surface area contributed by atoms with Crippen molar-refractivity contribution in [3.63, 3.8) is 0 Å². The zero-order valence-electron chi connectivity index (χ0n) is 15.2. The molecule has 3 rings (SSSR count). The number of carbonyl (C=O) groups excluding carboxylic acids is 1. The number of ether oxygens (including phenoxy) is 1. The van der Waals surface area contributed by atoms with Crippen molar-refractivity contribution in [2.24, 2.45) is 5.41 Å². The largest absolute Gasteiger partial charge is 0.492 e. The van der Waals surface area contributed by atoms with Crippen molar-refractivity contribution >= 4 is 5.91 Å². The molecule has 4 heteroatoms. The Balaban J connectivity index is 1.54. The number of piperidine rings is 1. The molecule has 24 heavy (non-hydrogen) atoms. The summed E-state index contributed by atoms with van der Waals surface area (Å²) < 4.78 is 6.06. The molecule has 0 aromatic heterocycles. The predicted octanol–water partition coefficient (Wildman–Crippen LogP) is 3.18. The fraction of sp³-hybridized carbons (Fsp3) is 0.650. The number of hydrogen-bond acceptors (Lipinski definition) is 3. The molecule has 1 saturated carbocycles. The van der Waals surface area contributed by atoms with Crippen molar-refractivity contribution in [2.75, 3.05) is 26.7 Å². The molecule has 2 aliphatic rings. The highest BCUT2D eigenvalue weighted by molar-refractivity contribution is 5.82. The van der Waals surface area contributed by atoms with E-state index in [1.165, 1.54) is 18.4 Å². The van der Waals surface area contributed by atoms with Crippen molar-refractivity contribution in [1.82, 2.24) is 10.2 Å². The maximum Gasteiger partial charge on any atom is 0.229 e. The molecule has 1 amide bonds. The molecule has 1 aromatic carbocycles. The number of amides is 1. The fourth-order valence-electron chi connectivity index (χ4n) is 3.20. The predicted molar refractivity (Wildman–Crippen MR) is 96.4 cm³/mol. The van der Waals surface area contributed by atoms with Crippen LogP contribution in [0.15, 0.2) is 24.3 Å². The minimum absolute atomic E-state index is 0.0981. The van der Waals surface area contributed by atoms with Crippen LogP contribution in [0.25, 0.3) is 0 Å². The lowest BCUT2D eigenvalue weighted by Gasteiger charge is -2.32. The van der Waals surface area contributed by atoms with Gasteiger partial charge in [-0.15, -0.1) is 0 Å². The third-order valence-corrected chi connectivity index (χ3v) is 5.19. The molecule has 1 aliphatic heterocycles. The topological polar surface area (TPSA) is 41.6 Å². The van der Waals surface area contributed by atoms with Crippen LogP contribution in [0.4, 0.5) is 0 Å². The molecule has 0 bridgehead atoms. The van der Waals surface area contributed by atoms with Crippen LogP contribution < -0.4 is 10.1 Å². The average Bonchev–Trinajstić information content (AvgIpc) is 3.40. The molecule has 4 nitrogen and oxygen atoms in total. The molecule has 0 spiro atoms. The number of para-hydroxylation sites is 1. The average molecular weight is 330 g/mol. The van der Waals surface area contributed by atoms with Gasteiger partial charge in [-0.2, -0.15) is 0 Å². The molecule has 0 radical (unpaired) electrons. The zero-order chi connectivity index (χ0) is 17.2. The number of benzene rings is 1. The molecule has 132 valence electrons. The minimum Gasteiger partial charge on any atom is -0.492 e. The summed E-state index contributed by atoms with van der Waals surface area (Å²) in [4.78, 5) is 15.0. The van der Waals surface area contributed by atoms with Crippen LogP contribution in [0.5, 0.6) is 5.75 Å². The van der Waals surface area contributed by atoms with Gasteiger partial charge in [-0.1, -0.05) is 18.2 Å². The number of nitrogens with zero attached hydrogens (tertiary/aromatic N) is 1. The van der Waals surface area contributed by atoms with Crippen LogP contribution in [0, 0.1) is 5.41 Å². The number of carbonyl (C=O) groups is 1. The molecule has 0 unspecified atom stereocenters. The summed E-state index contributed by atoms with van der Waals surface area (Å²) in [6.07, 6.45) is 4.56. The van der Waals surface area contributed by atoms with E-state index in [1.54, 1.807) is 0 Å². The van der Waals surface area contributed by atoms with E-state index >= 15 is 0 Å². The summed E-state index contributed by atoms with van der Waals surface area (Å²) in [6.45, 7) is 6.45. The molecule has 1 saturated heterocycles. The van der Waals surface area contributed by atoms with Crippen molar-refractivity contribution in [2.45, 2.75) is 51.5 Å². The number of likely N-dealkylation sites (tertiary alicyclic amines) is 1. The van der Waals surface area contributed by atoms with E-state index in [0.717, 1.165) is 31.7 Å². The van der Waals surface area contributed by atoms with Gasteiger partial charge in [-0.25, -0.2) is 0 Å². The van der Waals surface area contributed by atoms with Crippen molar-refractivity contribution < 1.29 is 9.53 Å². The molecule has 1 aromatic rings. The molecule has 1 N–H and O–H groups in total. The van der Waals surface area contributed by atoms with Gasteiger partial charge in [0.15, 0.2) is 0 Å². The van der Waals surface area contributed by atoms with Crippen molar-refractivity contribution in [3.8, 4) is 5.75 Å². The van der Waals surface area contributed by atoms with Crippen LogP contribution in [0.1, 0.15) is 51.0 Å². The maximum absolute atomic E-state index is 12.7. The van der Waals surface area contributed by atoms with E-state index < -0.39 is 5.41 Å². The summed E-state index contributed by atoms with van der Waals surface area (Å²) >= 11 is 0. The van der Waals surface area contributed by atoms with E-state index in [2.05, 4.69) is 29.4 Å². The van der Waals surface area contributed by atoms with Gasteiger partial charge in [0.2, 0.25) is 5.91 Å². The summed E-state index contributed by atoms with van der Waals surface area (Å²) in [5.74, 6) is 1.69.